The Hall–Kier alpha value is -2.89. The maximum Gasteiger partial charge on any atom is 0.344 e. The number of ether oxygens (including phenoxy) is 2. The first-order valence-corrected chi connectivity index (χ1v) is 8.34. The highest BCUT2D eigenvalue weighted by Crippen LogP contribution is 2.12. The summed E-state index contributed by atoms with van der Waals surface area (Å²) in [6.45, 7) is 1.45. The second kappa shape index (κ2) is 9.56. The quantitative estimate of drug-likeness (QED) is 0.680. The molecule has 2 rings (SSSR count). The average molecular weight is 359 g/mol. The van der Waals surface area contributed by atoms with E-state index in [1.165, 1.54) is 23.6 Å². The van der Waals surface area contributed by atoms with Gasteiger partial charge in [0, 0.05) is 19.2 Å². The highest BCUT2D eigenvalue weighted by molar-refractivity contribution is 5.80. The third-order valence-corrected chi connectivity index (χ3v) is 3.84. The van der Waals surface area contributed by atoms with E-state index in [1.807, 2.05) is 19.1 Å². The summed E-state index contributed by atoms with van der Waals surface area (Å²) < 4.78 is 23.8. The summed E-state index contributed by atoms with van der Waals surface area (Å²) in [4.78, 5) is 25.0. The number of hydrogen-bond donors (Lipinski definition) is 0. The van der Waals surface area contributed by atoms with Crippen molar-refractivity contribution < 1.29 is 23.5 Å². The number of amides is 1. The molecular formula is C20H22FNO4. The molecule has 2 aromatic rings. The molecule has 0 N–H and O–H groups in total. The number of esters is 1. The van der Waals surface area contributed by atoms with Gasteiger partial charge in [-0.15, -0.1) is 0 Å². The zero-order chi connectivity index (χ0) is 18.9. The first-order valence-electron chi connectivity index (χ1n) is 8.34. The van der Waals surface area contributed by atoms with Gasteiger partial charge in [-0.05, 0) is 30.2 Å². The maximum atomic E-state index is 13.6. The third-order valence-electron chi connectivity index (χ3n) is 3.84. The van der Waals surface area contributed by atoms with Gasteiger partial charge in [0.1, 0.15) is 11.6 Å². The molecule has 1 amide bonds. The van der Waals surface area contributed by atoms with Crippen molar-refractivity contribution in [3.05, 3.63) is 65.5 Å². The minimum Gasteiger partial charge on any atom is -0.482 e. The first-order chi connectivity index (χ1) is 12.5. The van der Waals surface area contributed by atoms with Crippen LogP contribution in [0.15, 0.2) is 48.5 Å². The highest BCUT2D eigenvalue weighted by atomic mass is 19.1. The van der Waals surface area contributed by atoms with Crippen LogP contribution in [0.3, 0.4) is 0 Å². The number of carbonyl (C=O) groups is 2. The van der Waals surface area contributed by atoms with Gasteiger partial charge in [0.15, 0.2) is 13.2 Å². The van der Waals surface area contributed by atoms with Gasteiger partial charge >= 0.3 is 5.97 Å². The fourth-order valence-electron chi connectivity index (χ4n) is 2.23. The lowest BCUT2D eigenvalue weighted by Crippen LogP contribution is -2.31. The van der Waals surface area contributed by atoms with Gasteiger partial charge < -0.3 is 14.4 Å². The Morgan fingerprint density at radius 2 is 1.73 bits per heavy atom. The zero-order valence-corrected chi connectivity index (χ0v) is 14.9. The molecule has 0 atom stereocenters. The topological polar surface area (TPSA) is 55.8 Å². The Morgan fingerprint density at radius 1 is 1.04 bits per heavy atom. The summed E-state index contributed by atoms with van der Waals surface area (Å²) in [6.07, 6.45) is 0.921. The van der Waals surface area contributed by atoms with Crippen molar-refractivity contribution in [3.8, 4) is 5.75 Å². The Kier molecular flexibility index (Phi) is 7.14. The minimum absolute atomic E-state index is 0.101. The number of hydrogen-bond acceptors (Lipinski definition) is 4. The lowest BCUT2D eigenvalue weighted by molar-refractivity contribution is -0.153. The van der Waals surface area contributed by atoms with Crippen molar-refractivity contribution in [2.24, 2.45) is 0 Å². The van der Waals surface area contributed by atoms with Gasteiger partial charge in [0.05, 0.1) is 0 Å². The highest BCUT2D eigenvalue weighted by Gasteiger charge is 2.14. The smallest absolute Gasteiger partial charge is 0.344 e. The summed E-state index contributed by atoms with van der Waals surface area (Å²) in [5.41, 5.74) is 1.57. The Bertz CT molecular complexity index is 746. The van der Waals surface area contributed by atoms with Crippen LogP contribution in [-0.4, -0.2) is 37.0 Å². The number of likely N-dealkylation sites (N-methyl/N-ethyl adjacent to an activating group) is 1. The van der Waals surface area contributed by atoms with E-state index >= 15 is 0 Å². The second-order valence-corrected chi connectivity index (χ2v) is 5.79. The normalized spacial score (nSPS) is 10.3. The molecule has 0 saturated heterocycles. The standard InChI is InChI=1S/C20H22FNO4/c1-3-15-8-10-17(11-9-15)25-14-20(24)26-13-19(23)22(2)12-16-6-4-5-7-18(16)21/h4-11H,3,12-14H2,1-2H3. The van der Waals surface area contributed by atoms with Gasteiger partial charge in [-0.1, -0.05) is 37.3 Å². The van der Waals surface area contributed by atoms with E-state index in [1.54, 1.807) is 30.3 Å². The van der Waals surface area contributed by atoms with Crippen LogP contribution in [0.25, 0.3) is 0 Å². The van der Waals surface area contributed by atoms with Crippen LogP contribution in [-0.2, 0) is 27.3 Å². The van der Waals surface area contributed by atoms with Gasteiger partial charge in [0.25, 0.3) is 5.91 Å². The molecule has 0 saturated carbocycles. The molecule has 0 radical (unpaired) electrons. The number of rotatable bonds is 8. The fourth-order valence-corrected chi connectivity index (χ4v) is 2.23. The average Bonchev–Trinajstić information content (AvgIpc) is 2.66. The number of carbonyl (C=O) groups excluding carboxylic acids is 2. The van der Waals surface area contributed by atoms with Gasteiger partial charge in [-0.2, -0.15) is 0 Å². The molecule has 0 spiro atoms. The predicted molar refractivity (Wildman–Crippen MR) is 95.1 cm³/mol. The molecular weight excluding hydrogens is 337 g/mol. The van der Waals surface area contributed by atoms with E-state index in [-0.39, 0.29) is 19.0 Å². The molecule has 0 aromatic heterocycles. The zero-order valence-electron chi connectivity index (χ0n) is 14.9. The maximum absolute atomic E-state index is 13.6. The molecule has 0 aliphatic rings. The molecule has 0 unspecified atom stereocenters. The molecule has 6 heteroatoms. The van der Waals surface area contributed by atoms with Crippen LogP contribution >= 0.6 is 0 Å². The van der Waals surface area contributed by atoms with Crippen LogP contribution in [0.2, 0.25) is 0 Å². The summed E-state index contributed by atoms with van der Waals surface area (Å²) in [6, 6.07) is 13.6. The lowest BCUT2D eigenvalue weighted by atomic mass is 10.2. The summed E-state index contributed by atoms with van der Waals surface area (Å²) in [5.74, 6) is -0.889. The molecule has 0 aliphatic carbocycles. The number of nitrogens with zero attached hydrogens (tertiary/aromatic N) is 1. The number of aryl methyl sites for hydroxylation is 1. The summed E-state index contributed by atoms with van der Waals surface area (Å²) >= 11 is 0. The van der Waals surface area contributed by atoms with Gasteiger partial charge in [-0.25, -0.2) is 9.18 Å². The third kappa shape index (κ3) is 5.88. The molecule has 138 valence electrons. The number of benzene rings is 2. The fraction of sp³-hybridized carbons (Fsp3) is 0.300. The number of halogens is 1. The Balaban J connectivity index is 1.73. The van der Waals surface area contributed by atoms with Crippen molar-refractivity contribution in [1.82, 2.24) is 4.90 Å². The van der Waals surface area contributed by atoms with E-state index in [0.29, 0.717) is 11.3 Å². The van der Waals surface area contributed by atoms with Crippen LogP contribution < -0.4 is 4.74 Å². The van der Waals surface area contributed by atoms with Gasteiger partial charge in [0.2, 0.25) is 0 Å². The molecule has 0 fully saturated rings. The van der Waals surface area contributed by atoms with Crippen LogP contribution in [0.5, 0.6) is 5.75 Å². The Labute approximate surface area is 152 Å². The minimum atomic E-state index is -0.641. The van der Waals surface area contributed by atoms with Crippen LogP contribution in [0.4, 0.5) is 4.39 Å². The van der Waals surface area contributed by atoms with Crippen molar-refractivity contribution in [1.29, 1.82) is 0 Å². The van der Waals surface area contributed by atoms with E-state index in [4.69, 9.17) is 9.47 Å². The second-order valence-electron chi connectivity index (χ2n) is 5.79. The first kappa shape index (κ1) is 19.4. The monoisotopic (exact) mass is 359 g/mol. The van der Waals surface area contributed by atoms with Crippen LogP contribution in [0, 0.1) is 5.82 Å². The van der Waals surface area contributed by atoms with E-state index < -0.39 is 18.5 Å². The van der Waals surface area contributed by atoms with Crippen LogP contribution in [0.1, 0.15) is 18.1 Å². The Morgan fingerprint density at radius 3 is 2.38 bits per heavy atom. The van der Waals surface area contributed by atoms with Gasteiger partial charge in [-0.3, -0.25) is 4.79 Å². The molecule has 0 aliphatic heterocycles. The van der Waals surface area contributed by atoms with Crippen molar-refractivity contribution in [2.45, 2.75) is 19.9 Å². The van der Waals surface area contributed by atoms with Crippen molar-refractivity contribution in [3.63, 3.8) is 0 Å². The molecule has 26 heavy (non-hydrogen) atoms. The SMILES string of the molecule is CCc1ccc(OCC(=O)OCC(=O)N(C)Cc2ccccc2F)cc1. The summed E-state index contributed by atoms with van der Waals surface area (Å²) in [7, 11) is 1.52. The molecule has 5 nitrogen and oxygen atoms in total. The molecule has 2 aromatic carbocycles. The van der Waals surface area contributed by atoms with Crippen molar-refractivity contribution >= 4 is 11.9 Å². The van der Waals surface area contributed by atoms with E-state index in [2.05, 4.69) is 0 Å². The molecule has 0 heterocycles. The largest absolute Gasteiger partial charge is 0.482 e. The molecule has 0 bridgehead atoms. The van der Waals surface area contributed by atoms with E-state index in [9.17, 15) is 14.0 Å². The van der Waals surface area contributed by atoms with E-state index in [0.717, 1.165) is 6.42 Å². The lowest BCUT2D eigenvalue weighted by Gasteiger charge is -2.17. The predicted octanol–water partition coefficient (Wildman–Crippen LogP) is 2.97. The van der Waals surface area contributed by atoms with Crippen molar-refractivity contribution in [2.75, 3.05) is 20.3 Å². The summed E-state index contributed by atoms with van der Waals surface area (Å²) in [5, 5.41) is 0.